The summed E-state index contributed by atoms with van der Waals surface area (Å²) in [5, 5.41) is 1.04. The number of benzene rings is 1. The van der Waals surface area contributed by atoms with Crippen molar-refractivity contribution in [3.63, 3.8) is 0 Å². The lowest BCUT2D eigenvalue weighted by molar-refractivity contribution is -0.0319. The van der Waals surface area contributed by atoms with Crippen LogP contribution in [0.2, 0.25) is 0 Å². The largest absolute Gasteiger partial charge is 0.445 e. The molecule has 0 unspecified atom stereocenters. The maximum atomic E-state index is 11.7. The Balaban J connectivity index is 2.51. The van der Waals surface area contributed by atoms with Gasteiger partial charge in [0.15, 0.2) is 0 Å². The molecule has 0 saturated carbocycles. The minimum Gasteiger partial charge on any atom is -0.160 e. The Morgan fingerprint density at radius 1 is 1.08 bits per heavy atom. The van der Waals surface area contributed by atoms with Crippen LogP contribution in [0.4, 0.5) is 13.2 Å². The minimum absolute atomic E-state index is 0.152. The zero-order valence-electron chi connectivity index (χ0n) is 6.58. The number of hydrogen-bond donors (Lipinski definition) is 0. The van der Waals surface area contributed by atoms with Gasteiger partial charge < -0.3 is 0 Å². The van der Waals surface area contributed by atoms with E-state index in [0.29, 0.717) is 0 Å². The van der Waals surface area contributed by atoms with Crippen LogP contribution < -0.4 is 0 Å². The van der Waals surface area contributed by atoms with Crippen molar-refractivity contribution >= 4 is 17.8 Å². The second kappa shape index (κ2) is 4.37. The summed E-state index contributed by atoms with van der Waals surface area (Å²) < 4.78 is 35.0. The van der Waals surface area contributed by atoms with E-state index in [-0.39, 0.29) is 11.8 Å². The number of rotatable bonds is 2. The van der Waals surface area contributed by atoms with E-state index in [2.05, 4.69) is 0 Å². The predicted octanol–water partition coefficient (Wildman–Crippen LogP) is 3.91. The van der Waals surface area contributed by atoms with E-state index < -0.39 is 5.51 Å². The maximum Gasteiger partial charge on any atom is 0.445 e. The Kier molecular flexibility index (Phi) is 3.42. The Bertz CT molecular complexity index is 277. The topological polar surface area (TPSA) is 0 Å². The normalized spacial score (nSPS) is 12.2. The van der Waals surface area contributed by atoms with Crippen LogP contribution in [-0.2, 0) is 0 Å². The quantitative estimate of drug-likeness (QED) is 0.703. The Morgan fingerprint density at radius 2 is 1.69 bits per heavy atom. The summed E-state index contributed by atoms with van der Waals surface area (Å²) in [7, 11) is 0. The predicted molar refractivity (Wildman–Crippen MR) is 49.1 cm³/mol. The first-order valence-electron chi connectivity index (χ1n) is 3.54. The first-order chi connectivity index (χ1) is 6.08. The van der Waals surface area contributed by atoms with Gasteiger partial charge in [0.2, 0.25) is 0 Å². The third-order valence-electron chi connectivity index (χ3n) is 1.26. The molecule has 0 aliphatic carbocycles. The molecule has 0 amide bonds. The molecule has 13 heavy (non-hydrogen) atoms. The molecule has 0 spiro atoms. The van der Waals surface area contributed by atoms with E-state index in [4.69, 9.17) is 0 Å². The Labute approximate surface area is 78.5 Å². The van der Waals surface area contributed by atoms with E-state index in [9.17, 15) is 13.2 Å². The van der Waals surface area contributed by atoms with Crippen LogP contribution in [0.25, 0.3) is 6.08 Å². The summed E-state index contributed by atoms with van der Waals surface area (Å²) in [6, 6.07) is 8.85. The van der Waals surface area contributed by atoms with Crippen LogP contribution in [-0.4, -0.2) is 5.51 Å². The first kappa shape index (κ1) is 10.2. The fraction of sp³-hybridized carbons (Fsp3) is 0.111. The van der Waals surface area contributed by atoms with Crippen molar-refractivity contribution in [3.05, 3.63) is 41.3 Å². The number of halogens is 3. The lowest BCUT2D eigenvalue weighted by Gasteiger charge is -1.98. The molecule has 0 radical (unpaired) electrons. The molecular formula is C9H7F3S. The van der Waals surface area contributed by atoms with Crippen molar-refractivity contribution in [1.29, 1.82) is 0 Å². The van der Waals surface area contributed by atoms with Gasteiger partial charge >= 0.3 is 5.51 Å². The van der Waals surface area contributed by atoms with Gasteiger partial charge in [-0.15, -0.1) is 0 Å². The fourth-order valence-corrected chi connectivity index (χ4v) is 1.13. The van der Waals surface area contributed by atoms with Gasteiger partial charge in [-0.25, -0.2) is 0 Å². The summed E-state index contributed by atoms with van der Waals surface area (Å²) >= 11 is -0.152. The number of hydrogen-bond acceptors (Lipinski definition) is 1. The van der Waals surface area contributed by atoms with Gasteiger partial charge in [0.1, 0.15) is 0 Å². The average Bonchev–Trinajstić information content (AvgIpc) is 2.04. The van der Waals surface area contributed by atoms with E-state index in [1.165, 1.54) is 6.08 Å². The lowest BCUT2D eigenvalue weighted by Crippen LogP contribution is -1.96. The third kappa shape index (κ3) is 4.62. The molecular weight excluding hydrogens is 197 g/mol. The van der Waals surface area contributed by atoms with E-state index in [1.54, 1.807) is 24.3 Å². The molecule has 0 aromatic heterocycles. The van der Waals surface area contributed by atoms with Crippen molar-refractivity contribution in [2.75, 3.05) is 0 Å². The van der Waals surface area contributed by atoms with Gasteiger partial charge in [0.25, 0.3) is 0 Å². The van der Waals surface area contributed by atoms with E-state index in [0.717, 1.165) is 11.0 Å². The van der Waals surface area contributed by atoms with Gasteiger partial charge in [0, 0.05) is 0 Å². The van der Waals surface area contributed by atoms with Gasteiger partial charge in [-0.2, -0.15) is 13.2 Å². The molecule has 1 rings (SSSR count). The number of alkyl halides is 3. The summed E-state index contributed by atoms with van der Waals surface area (Å²) in [6.07, 6.45) is 1.43. The molecule has 0 heterocycles. The molecule has 1 aromatic carbocycles. The molecule has 0 aliphatic rings. The standard InChI is InChI=1S/C9H7F3S/c10-9(11,12)13-7-6-8-4-2-1-3-5-8/h1-7H. The molecule has 0 saturated heterocycles. The first-order valence-corrected chi connectivity index (χ1v) is 4.42. The average molecular weight is 204 g/mol. The van der Waals surface area contributed by atoms with Gasteiger partial charge in [-0.1, -0.05) is 30.3 Å². The smallest absolute Gasteiger partial charge is 0.160 e. The van der Waals surface area contributed by atoms with Crippen LogP contribution in [0.3, 0.4) is 0 Å². The van der Waals surface area contributed by atoms with Crippen LogP contribution in [0.5, 0.6) is 0 Å². The van der Waals surface area contributed by atoms with Crippen molar-refractivity contribution in [3.8, 4) is 0 Å². The molecule has 0 fully saturated rings. The maximum absolute atomic E-state index is 11.7. The molecule has 1 aromatic rings. The molecule has 70 valence electrons. The molecule has 4 heteroatoms. The lowest BCUT2D eigenvalue weighted by atomic mass is 10.2. The minimum atomic E-state index is -4.19. The van der Waals surface area contributed by atoms with Gasteiger partial charge in [-0.3, -0.25) is 0 Å². The molecule has 0 atom stereocenters. The van der Waals surface area contributed by atoms with Crippen LogP contribution in [0.15, 0.2) is 35.7 Å². The Morgan fingerprint density at radius 3 is 2.23 bits per heavy atom. The highest BCUT2D eigenvalue weighted by Gasteiger charge is 2.26. The van der Waals surface area contributed by atoms with Crippen molar-refractivity contribution in [1.82, 2.24) is 0 Å². The summed E-state index contributed by atoms with van der Waals surface area (Å²) in [5.74, 6) is 0. The molecule has 0 nitrogen and oxygen atoms in total. The molecule has 0 N–H and O–H groups in total. The molecule has 0 aliphatic heterocycles. The highest BCUT2D eigenvalue weighted by Crippen LogP contribution is 2.31. The molecule has 0 bridgehead atoms. The monoisotopic (exact) mass is 204 g/mol. The second-order valence-electron chi connectivity index (χ2n) is 2.28. The van der Waals surface area contributed by atoms with Crippen molar-refractivity contribution in [2.45, 2.75) is 5.51 Å². The summed E-state index contributed by atoms with van der Waals surface area (Å²) in [5.41, 5.74) is -3.43. The summed E-state index contributed by atoms with van der Waals surface area (Å²) in [4.78, 5) is 0. The highest BCUT2D eigenvalue weighted by atomic mass is 32.2. The SMILES string of the molecule is FC(F)(F)SC=Cc1ccccc1. The summed E-state index contributed by atoms with van der Waals surface area (Å²) in [6.45, 7) is 0. The van der Waals surface area contributed by atoms with Crippen LogP contribution in [0, 0.1) is 0 Å². The highest BCUT2D eigenvalue weighted by molar-refractivity contribution is 8.03. The fourth-order valence-electron chi connectivity index (χ4n) is 0.754. The van der Waals surface area contributed by atoms with E-state index in [1.807, 2.05) is 6.07 Å². The van der Waals surface area contributed by atoms with Crippen LogP contribution in [0.1, 0.15) is 5.56 Å². The van der Waals surface area contributed by atoms with Crippen molar-refractivity contribution in [2.24, 2.45) is 0 Å². The van der Waals surface area contributed by atoms with Crippen LogP contribution >= 0.6 is 11.8 Å². The van der Waals surface area contributed by atoms with E-state index >= 15 is 0 Å². The van der Waals surface area contributed by atoms with Gasteiger partial charge in [0.05, 0.1) is 0 Å². The third-order valence-corrected chi connectivity index (χ3v) is 1.80. The Hall–Kier alpha value is -0.900. The van der Waals surface area contributed by atoms with Gasteiger partial charge in [-0.05, 0) is 28.8 Å². The zero-order valence-corrected chi connectivity index (χ0v) is 7.40. The number of thioether (sulfide) groups is 1. The second-order valence-corrected chi connectivity index (χ2v) is 3.25. The van der Waals surface area contributed by atoms with Crippen molar-refractivity contribution < 1.29 is 13.2 Å². The zero-order chi connectivity index (χ0) is 9.73.